The van der Waals surface area contributed by atoms with E-state index in [-0.39, 0.29) is 0 Å². The van der Waals surface area contributed by atoms with E-state index in [1.165, 1.54) is 32.9 Å². The van der Waals surface area contributed by atoms with Crippen LogP contribution in [-0.4, -0.2) is 35.0 Å². The van der Waals surface area contributed by atoms with Crippen molar-refractivity contribution in [2.75, 3.05) is 20.1 Å². The fourth-order valence-corrected chi connectivity index (χ4v) is 4.59. The normalized spacial score (nSPS) is 21.6. The number of likely N-dealkylation sites (N-methyl/N-ethyl adjacent to an activating group) is 1. The van der Waals surface area contributed by atoms with E-state index in [0.717, 1.165) is 17.6 Å². The Morgan fingerprint density at radius 2 is 1.73 bits per heavy atom. The molecule has 5 heteroatoms. The first-order chi connectivity index (χ1) is 12.7. The number of aromatic amines is 2. The van der Waals surface area contributed by atoms with E-state index in [1.54, 1.807) is 0 Å². The van der Waals surface area contributed by atoms with Gasteiger partial charge in [0.05, 0.1) is 0 Å². The number of hydrogen-bond donors (Lipinski definition) is 3. The van der Waals surface area contributed by atoms with Crippen LogP contribution in [0.3, 0.4) is 0 Å². The van der Waals surface area contributed by atoms with Gasteiger partial charge in [-0.2, -0.15) is 0 Å². The highest BCUT2D eigenvalue weighted by Gasteiger charge is 2.29. The molecule has 0 unspecified atom stereocenters. The lowest BCUT2D eigenvalue weighted by molar-refractivity contribution is 0.166. The molecule has 3 heterocycles. The molecule has 2 aromatic carbocycles. The van der Waals surface area contributed by atoms with Crippen molar-refractivity contribution in [2.45, 2.75) is 12.1 Å². The molecule has 26 heavy (non-hydrogen) atoms. The van der Waals surface area contributed by atoms with Gasteiger partial charge in [-0.25, -0.2) is 0 Å². The summed E-state index contributed by atoms with van der Waals surface area (Å²) in [5.74, 6) is 0. The Balaban J connectivity index is 1.43. The van der Waals surface area contributed by atoms with Gasteiger partial charge in [-0.15, -0.1) is 0 Å². The van der Waals surface area contributed by atoms with Gasteiger partial charge in [0.25, 0.3) is 0 Å². The van der Waals surface area contributed by atoms with E-state index in [0.29, 0.717) is 12.1 Å². The maximum absolute atomic E-state index is 3.77. The van der Waals surface area contributed by atoms with Crippen LogP contribution in [0.25, 0.3) is 21.8 Å². The molecule has 0 saturated carbocycles. The topological polar surface area (TPSA) is 46.9 Å². The third-order valence-corrected chi connectivity index (χ3v) is 6.08. The fraction of sp³-hybridized carbons (Fsp3) is 0.238. The van der Waals surface area contributed by atoms with Gasteiger partial charge in [0.2, 0.25) is 0 Å². The quantitative estimate of drug-likeness (QED) is 0.448. The molecular formula is C21H21BrN4. The molecule has 1 aliphatic heterocycles. The molecule has 3 N–H and O–H groups in total. The Morgan fingerprint density at radius 3 is 2.62 bits per heavy atom. The van der Waals surface area contributed by atoms with Crippen LogP contribution in [0, 0.1) is 0 Å². The summed E-state index contributed by atoms with van der Waals surface area (Å²) in [6.07, 6.45) is 4.31. The average molecular weight is 409 g/mol. The monoisotopic (exact) mass is 408 g/mol. The van der Waals surface area contributed by atoms with Crippen molar-refractivity contribution < 1.29 is 0 Å². The van der Waals surface area contributed by atoms with Gasteiger partial charge in [0, 0.05) is 63.8 Å². The van der Waals surface area contributed by atoms with Crippen LogP contribution >= 0.6 is 15.9 Å². The molecule has 2 atom stereocenters. The van der Waals surface area contributed by atoms with Crippen molar-refractivity contribution in [1.82, 2.24) is 20.2 Å². The molecule has 0 spiro atoms. The molecule has 4 aromatic rings. The number of fused-ring (bicyclic) bond motifs is 2. The minimum atomic E-state index is 0.330. The summed E-state index contributed by atoms with van der Waals surface area (Å²) in [6, 6.07) is 15.7. The minimum Gasteiger partial charge on any atom is -0.361 e. The molecule has 0 aliphatic carbocycles. The molecule has 1 fully saturated rings. The highest BCUT2D eigenvalue weighted by atomic mass is 79.9. The molecule has 4 nitrogen and oxygen atoms in total. The van der Waals surface area contributed by atoms with E-state index < -0.39 is 0 Å². The maximum atomic E-state index is 3.77. The number of aromatic nitrogens is 2. The lowest BCUT2D eigenvalue weighted by Crippen LogP contribution is -2.45. The molecule has 0 amide bonds. The van der Waals surface area contributed by atoms with Crippen molar-refractivity contribution in [3.05, 3.63) is 70.5 Å². The zero-order chi connectivity index (χ0) is 17.7. The third kappa shape index (κ3) is 2.58. The lowest BCUT2D eigenvalue weighted by Gasteiger charge is -2.38. The number of rotatable bonds is 2. The highest BCUT2D eigenvalue weighted by molar-refractivity contribution is 9.10. The average Bonchev–Trinajstić information content (AvgIpc) is 3.25. The number of benzene rings is 2. The first-order valence-electron chi connectivity index (χ1n) is 8.97. The van der Waals surface area contributed by atoms with Gasteiger partial charge in [-0.3, -0.25) is 4.90 Å². The first-order valence-corrected chi connectivity index (χ1v) is 9.76. The van der Waals surface area contributed by atoms with Gasteiger partial charge in [-0.1, -0.05) is 40.2 Å². The van der Waals surface area contributed by atoms with Crippen LogP contribution < -0.4 is 5.32 Å². The molecular weight excluding hydrogens is 388 g/mol. The molecule has 1 saturated heterocycles. The number of halogens is 1. The van der Waals surface area contributed by atoms with E-state index in [2.05, 4.69) is 98.0 Å². The van der Waals surface area contributed by atoms with Crippen LogP contribution in [0.2, 0.25) is 0 Å². The smallest absolute Gasteiger partial charge is 0.0491 e. The summed E-state index contributed by atoms with van der Waals surface area (Å²) >= 11 is 3.55. The fourth-order valence-electron chi connectivity index (χ4n) is 4.22. The van der Waals surface area contributed by atoms with Gasteiger partial charge in [0.15, 0.2) is 0 Å². The number of para-hydroxylation sites is 1. The number of piperazine rings is 1. The number of nitrogens with zero attached hydrogens (tertiary/aromatic N) is 1. The number of hydrogen-bond acceptors (Lipinski definition) is 2. The van der Waals surface area contributed by atoms with Crippen molar-refractivity contribution in [3.8, 4) is 0 Å². The van der Waals surface area contributed by atoms with E-state index >= 15 is 0 Å². The van der Waals surface area contributed by atoms with Crippen molar-refractivity contribution in [3.63, 3.8) is 0 Å². The predicted octanol–water partition coefficient (Wildman–Crippen LogP) is 4.73. The van der Waals surface area contributed by atoms with Crippen molar-refractivity contribution in [1.29, 1.82) is 0 Å². The van der Waals surface area contributed by atoms with Crippen LogP contribution in [-0.2, 0) is 0 Å². The third-order valence-electron chi connectivity index (χ3n) is 5.59. The summed E-state index contributed by atoms with van der Waals surface area (Å²) < 4.78 is 1.10. The molecule has 132 valence electrons. The first kappa shape index (κ1) is 16.1. The Bertz CT molecular complexity index is 1080. The predicted molar refractivity (Wildman–Crippen MR) is 110 cm³/mol. The van der Waals surface area contributed by atoms with Crippen molar-refractivity contribution >= 4 is 37.7 Å². The van der Waals surface area contributed by atoms with Crippen LogP contribution in [0.15, 0.2) is 59.3 Å². The molecule has 0 bridgehead atoms. The second-order valence-corrected chi connectivity index (χ2v) is 8.06. The van der Waals surface area contributed by atoms with Crippen LogP contribution in [0.1, 0.15) is 23.2 Å². The second kappa shape index (κ2) is 6.27. The molecule has 0 radical (unpaired) electrons. The zero-order valence-corrected chi connectivity index (χ0v) is 16.2. The SMILES string of the molecule is CN1C[C@@H](c2c[nH]c3cc(Br)ccc23)NC[C@@H]1c1c[nH]c2ccccc12. The Labute approximate surface area is 160 Å². The van der Waals surface area contributed by atoms with Gasteiger partial charge < -0.3 is 15.3 Å². The zero-order valence-electron chi connectivity index (χ0n) is 14.6. The van der Waals surface area contributed by atoms with Crippen molar-refractivity contribution in [2.24, 2.45) is 0 Å². The highest BCUT2D eigenvalue weighted by Crippen LogP contribution is 2.34. The Morgan fingerprint density at radius 1 is 0.962 bits per heavy atom. The van der Waals surface area contributed by atoms with E-state index in [1.807, 2.05) is 0 Å². The molecule has 1 aliphatic rings. The van der Waals surface area contributed by atoms with Crippen LogP contribution in [0.5, 0.6) is 0 Å². The number of nitrogens with one attached hydrogen (secondary N) is 3. The van der Waals surface area contributed by atoms with Gasteiger partial charge in [0.1, 0.15) is 0 Å². The minimum absolute atomic E-state index is 0.330. The Kier molecular flexibility index (Phi) is 3.89. The van der Waals surface area contributed by atoms with E-state index in [9.17, 15) is 0 Å². The van der Waals surface area contributed by atoms with Gasteiger partial charge >= 0.3 is 0 Å². The molecule has 2 aromatic heterocycles. The molecule has 5 rings (SSSR count). The van der Waals surface area contributed by atoms with Crippen LogP contribution in [0.4, 0.5) is 0 Å². The second-order valence-electron chi connectivity index (χ2n) is 7.14. The maximum Gasteiger partial charge on any atom is 0.0491 e. The lowest BCUT2D eigenvalue weighted by atomic mass is 9.97. The summed E-state index contributed by atoms with van der Waals surface area (Å²) in [7, 11) is 2.23. The Hall–Kier alpha value is -2.08. The summed E-state index contributed by atoms with van der Waals surface area (Å²) in [5.41, 5.74) is 5.10. The summed E-state index contributed by atoms with van der Waals surface area (Å²) in [6.45, 7) is 1.92. The number of H-pyrrole nitrogens is 2. The summed E-state index contributed by atoms with van der Waals surface area (Å²) in [5, 5.41) is 6.39. The standard InChI is InChI=1S/C21H21BrN4/c1-26-12-20(16-9-24-19-8-13(22)6-7-15(16)19)25-11-21(26)17-10-23-18-5-3-2-4-14(17)18/h2-10,20-21,23-25H,11-12H2,1H3/t20-,21+/m0/s1. The van der Waals surface area contributed by atoms with Gasteiger partial charge in [-0.05, 0) is 36.4 Å². The van der Waals surface area contributed by atoms with E-state index in [4.69, 9.17) is 0 Å². The summed E-state index contributed by atoms with van der Waals surface area (Å²) in [4.78, 5) is 9.29. The largest absolute Gasteiger partial charge is 0.361 e.